The average molecular weight is 521 g/mol. The number of pyridine rings is 1. The molecule has 1 aromatic carbocycles. The van der Waals surface area contributed by atoms with E-state index in [9.17, 15) is 39.6 Å². The van der Waals surface area contributed by atoms with E-state index in [1.54, 1.807) is 0 Å². The van der Waals surface area contributed by atoms with E-state index in [2.05, 4.69) is 10.3 Å². The van der Waals surface area contributed by atoms with Gasteiger partial charge in [0.05, 0.1) is 16.6 Å². The first-order chi connectivity index (χ1) is 16.3. The Morgan fingerprint density at radius 1 is 1.17 bits per heavy atom. The van der Waals surface area contributed by atoms with Crippen molar-refractivity contribution >= 4 is 15.9 Å². The van der Waals surface area contributed by atoms with Crippen molar-refractivity contribution in [2.75, 3.05) is 0 Å². The summed E-state index contributed by atoms with van der Waals surface area (Å²) in [5.74, 6) is -3.11. The van der Waals surface area contributed by atoms with Crippen molar-refractivity contribution < 1.29 is 39.6 Å². The zero-order valence-electron chi connectivity index (χ0n) is 18.3. The van der Waals surface area contributed by atoms with Crippen LogP contribution in [0.2, 0.25) is 0 Å². The first-order valence-electron chi connectivity index (χ1n) is 10.8. The molecule has 1 aliphatic heterocycles. The van der Waals surface area contributed by atoms with Crippen LogP contribution < -0.4 is 5.32 Å². The molecule has 1 saturated heterocycles. The molecule has 13 heteroatoms. The van der Waals surface area contributed by atoms with Crippen LogP contribution in [0.25, 0.3) is 0 Å². The molecule has 1 N–H and O–H groups in total. The molecule has 0 bridgehead atoms. The Labute approximate surface area is 197 Å². The molecular formula is C22H21F6N3O3S. The Morgan fingerprint density at radius 2 is 1.80 bits per heavy atom. The first kappa shape index (κ1) is 25.4. The maximum Gasteiger partial charge on any atom is 0.433 e. The number of rotatable bonds is 6. The topological polar surface area (TPSA) is 79.4 Å². The minimum Gasteiger partial charge on any atom is -0.351 e. The van der Waals surface area contributed by atoms with E-state index in [0.717, 1.165) is 24.3 Å². The molecule has 2 fully saturated rings. The minimum atomic E-state index is -4.83. The second-order valence-electron chi connectivity index (χ2n) is 8.65. The third-order valence-electron chi connectivity index (χ3n) is 6.14. The number of benzene rings is 1. The van der Waals surface area contributed by atoms with Gasteiger partial charge in [0.15, 0.2) is 0 Å². The van der Waals surface area contributed by atoms with Gasteiger partial charge in [-0.05, 0) is 50.1 Å². The monoisotopic (exact) mass is 521 g/mol. The summed E-state index contributed by atoms with van der Waals surface area (Å²) in [5, 5.41) is 2.24. The van der Waals surface area contributed by atoms with Gasteiger partial charge in [-0.1, -0.05) is 0 Å². The van der Waals surface area contributed by atoms with Gasteiger partial charge < -0.3 is 5.32 Å². The molecule has 1 saturated carbocycles. The third kappa shape index (κ3) is 5.01. The second kappa shape index (κ2) is 9.08. The summed E-state index contributed by atoms with van der Waals surface area (Å²) < 4.78 is 109. The van der Waals surface area contributed by atoms with Crippen LogP contribution in [0.3, 0.4) is 0 Å². The van der Waals surface area contributed by atoms with E-state index in [1.807, 2.05) is 0 Å². The zero-order chi connectivity index (χ0) is 25.7. The van der Waals surface area contributed by atoms with Gasteiger partial charge in [-0.3, -0.25) is 4.79 Å². The van der Waals surface area contributed by atoms with Crippen LogP contribution >= 0.6 is 0 Å². The Kier molecular flexibility index (Phi) is 6.60. The summed E-state index contributed by atoms with van der Waals surface area (Å²) >= 11 is 0. The average Bonchev–Trinajstić information content (AvgIpc) is 3.57. The van der Waals surface area contributed by atoms with E-state index in [4.69, 9.17) is 0 Å². The van der Waals surface area contributed by atoms with E-state index < -0.39 is 82.1 Å². The largest absolute Gasteiger partial charge is 0.433 e. The number of hydrogen-bond acceptors (Lipinski definition) is 4. The van der Waals surface area contributed by atoms with Gasteiger partial charge >= 0.3 is 6.18 Å². The number of sulfonamides is 1. The van der Waals surface area contributed by atoms with Gasteiger partial charge in [0.25, 0.3) is 0 Å². The number of alkyl halides is 4. The predicted octanol–water partition coefficient (Wildman–Crippen LogP) is 4.06. The van der Waals surface area contributed by atoms with E-state index in [1.165, 1.54) is 6.92 Å². The van der Waals surface area contributed by atoms with Gasteiger partial charge in [0.2, 0.25) is 15.9 Å². The summed E-state index contributed by atoms with van der Waals surface area (Å²) in [6.07, 6.45) is -6.07. The lowest BCUT2D eigenvalue weighted by Crippen LogP contribution is -2.48. The SMILES string of the molecule is C[C@H]1[C@H](F)C[C@@H](C(=O)NCc2cc(C(F)(F)F)nc(C3CC3)c2F)N1S(=O)(=O)c1ccc(F)cc1. The van der Waals surface area contributed by atoms with Gasteiger partial charge in [-0.15, -0.1) is 0 Å². The molecule has 2 aromatic rings. The molecule has 1 aromatic heterocycles. The quantitative estimate of drug-likeness (QED) is 0.582. The molecule has 4 rings (SSSR count). The number of amides is 1. The smallest absolute Gasteiger partial charge is 0.351 e. The Morgan fingerprint density at radius 3 is 2.37 bits per heavy atom. The van der Waals surface area contributed by atoms with Crippen LogP contribution in [-0.4, -0.2) is 41.9 Å². The Bertz CT molecular complexity index is 1230. The fourth-order valence-corrected chi connectivity index (χ4v) is 5.91. The lowest BCUT2D eigenvalue weighted by Gasteiger charge is -2.27. The number of carbonyl (C=O) groups is 1. The summed E-state index contributed by atoms with van der Waals surface area (Å²) in [7, 11) is -4.43. The molecular weight excluding hydrogens is 500 g/mol. The van der Waals surface area contributed by atoms with Crippen LogP contribution in [0, 0.1) is 11.6 Å². The maximum atomic E-state index is 14.8. The van der Waals surface area contributed by atoms with Gasteiger partial charge in [0.1, 0.15) is 29.5 Å². The Hall–Kier alpha value is -2.67. The van der Waals surface area contributed by atoms with Crippen molar-refractivity contribution in [3.63, 3.8) is 0 Å². The van der Waals surface area contributed by atoms with Crippen LogP contribution in [-0.2, 0) is 27.5 Å². The molecule has 0 unspecified atom stereocenters. The van der Waals surface area contributed by atoms with Crippen molar-refractivity contribution in [2.45, 2.75) is 68.0 Å². The fraction of sp³-hybridized carbons (Fsp3) is 0.455. The summed E-state index contributed by atoms with van der Waals surface area (Å²) in [4.78, 5) is 15.9. The molecule has 0 spiro atoms. The van der Waals surface area contributed by atoms with Crippen molar-refractivity contribution in [1.82, 2.24) is 14.6 Å². The predicted molar refractivity (Wildman–Crippen MR) is 111 cm³/mol. The Balaban J connectivity index is 1.58. The number of hydrogen-bond donors (Lipinski definition) is 1. The zero-order valence-corrected chi connectivity index (χ0v) is 19.1. The molecule has 0 radical (unpaired) electrons. The molecule has 35 heavy (non-hydrogen) atoms. The lowest BCUT2D eigenvalue weighted by atomic mass is 10.1. The van der Waals surface area contributed by atoms with Gasteiger partial charge in [-0.25, -0.2) is 26.6 Å². The second-order valence-corrected chi connectivity index (χ2v) is 10.5. The maximum absolute atomic E-state index is 14.8. The third-order valence-corrected chi connectivity index (χ3v) is 8.15. The highest BCUT2D eigenvalue weighted by atomic mass is 32.2. The number of nitrogens with one attached hydrogen (secondary N) is 1. The van der Waals surface area contributed by atoms with Crippen LogP contribution in [0.5, 0.6) is 0 Å². The lowest BCUT2D eigenvalue weighted by molar-refractivity contribution is -0.141. The molecule has 6 nitrogen and oxygen atoms in total. The standard InChI is InChI=1S/C22H21F6N3O3S/c1-11-16(24)9-17(31(11)35(33,34)15-6-4-14(23)5-7-15)21(32)29-10-13-8-18(22(26,27)28)30-20(19(13)25)12-2-3-12/h4-8,11-12,16-17H,2-3,9-10H2,1H3,(H,29,32)/t11-,16+,17-/m0/s1. The highest BCUT2D eigenvalue weighted by Crippen LogP contribution is 2.42. The molecule has 1 amide bonds. The number of nitrogens with zero attached hydrogens (tertiary/aromatic N) is 2. The fourth-order valence-electron chi connectivity index (χ4n) is 4.10. The van der Waals surface area contributed by atoms with E-state index in [0.29, 0.717) is 23.2 Å². The first-order valence-corrected chi connectivity index (χ1v) is 12.2. The summed E-state index contributed by atoms with van der Waals surface area (Å²) in [6.45, 7) is 0.585. The molecule has 1 aliphatic carbocycles. The normalized spacial score (nSPS) is 23.5. The van der Waals surface area contributed by atoms with Crippen molar-refractivity contribution in [1.29, 1.82) is 0 Å². The van der Waals surface area contributed by atoms with Crippen molar-refractivity contribution in [3.05, 3.63) is 58.9 Å². The van der Waals surface area contributed by atoms with Crippen molar-refractivity contribution in [2.24, 2.45) is 0 Å². The highest BCUT2D eigenvalue weighted by molar-refractivity contribution is 7.89. The van der Waals surface area contributed by atoms with Gasteiger partial charge in [0, 0.05) is 24.4 Å². The van der Waals surface area contributed by atoms with Crippen LogP contribution in [0.4, 0.5) is 26.3 Å². The summed E-state index contributed by atoms with van der Waals surface area (Å²) in [6, 6.07) is 1.46. The number of carbonyl (C=O) groups excluding carboxylic acids is 1. The molecule has 190 valence electrons. The number of aromatic nitrogens is 1. The van der Waals surface area contributed by atoms with Crippen LogP contribution in [0.15, 0.2) is 35.2 Å². The summed E-state index contributed by atoms with van der Waals surface area (Å²) in [5.41, 5.74) is -2.09. The molecule has 2 heterocycles. The van der Waals surface area contributed by atoms with Gasteiger partial charge in [-0.2, -0.15) is 17.5 Å². The number of halogens is 6. The minimum absolute atomic E-state index is 0.331. The van der Waals surface area contributed by atoms with Crippen LogP contribution in [0.1, 0.15) is 49.1 Å². The highest BCUT2D eigenvalue weighted by Gasteiger charge is 2.49. The molecule has 2 aliphatic rings. The molecule has 3 atom stereocenters. The van der Waals surface area contributed by atoms with E-state index >= 15 is 0 Å². The van der Waals surface area contributed by atoms with Crippen molar-refractivity contribution in [3.8, 4) is 0 Å². The van der Waals surface area contributed by atoms with E-state index in [-0.39, 0.29) is 10.6 Å².